The van der Waals surface area contributed by atoms with Crippen molar-refractivity contribution >= 4 is 39.8 Å². The summed E-state index contributed by atoms with van der Waals surface area (Å²) in [5.74, 6) is 0. The van der Waals surface area contributed by atoms with Crippen molar-refractivity contribution < 1.29 is 0 Å². The molecule has 26 heavy (non-hydrogen) atoms. The molecule has 1 aliphatic rings. The molecule has 0 aliphatic carbocycles. The highest BCUT2D eigenvalue weighted by atomic mass is 35.5. The van der Waals surface area contributed by atoms with Gasteiger partial charge in [-0.25, -0.2) is 0 Å². The van der Waals surface area contributed by atoms with Gasteiger partial charge < -0.3 is 0 Å². The largest absolute Gasteiger partial charge is 0.277 e. The average molecular weight is 381 g/mol. The third kappa shape index (κ3) is 3.40. The Morgan fingerprint density at radius 3 is 2.73 bits per heavy atom. The van der Waals surface area contributed by atoms with E-state index < -0.39 is 0 Å². The van der Waals surface area contributed by atoms with Gasteiger partial charge in [-0.05, 0) is 37.5 Å². The third-order valence-corrected chi connectivity index (χ3v) is 5.09. The van der Waals surface area contributed by atoms with Gasteiger partial charge in [-0.1, -0.05) is 71.7 Å². The molecule has 4 heteroatoms. The first-order valence-corrected chi connectivity index (χ1v) is 9.34. The first-order chi connectivity index (χ1) is 12.5. The molecule has 0 N–H and O–H groups in total. The minimum Gasteiger partial charge on any atom is -0.277 e. The fraction of sp³-hybridized carbons (Fsp3) is 0.182. The zero-order chi connectivity index (χ0) is 18.1. The fourth-order valence-corrected chi connectivity index (χ4v) is 3.68. The van der Waals surface area contributed by atoms with E-state index in [0.717, 1.165) is 28.6 Å². The second kappa shape index (κ2) is 6.86. The van der Waals surface area contributed by atoms with E-state index in [9.17, 15) is 0 Å². The molecular formula is C22H18Cl2N2. The van der Waals surface area contributed by atoms with Gasteiger partial charge >= 0.3 is 0 Å². The van der Waals surface area contributed by atoms with Crippen molar-refractivity contribution in [1.29, 1.82) is 0 Å². The van der Waals surface area contributed by atoms with Crippen LogP contribution in [-0.2, 0) is 6.42 Å². The molecule has 130 valence electrons. The van der Waals surface area contributed by atoms with E-state index in [-0.39, 0.29) is 10.0 Å². The number of aliphatic imine (C=N–C) groups is 1. The van der Waals surface area contributed by atoms with Gasteiger partial charge in [0.25, 0.3) is 0 Å². The van der Waals surface area contributed by atoms with Gasteiger partial charge in [0.2, 0.25) is 0 Å². The van der Waals surface area contributed by atoms with Crippen LogP contribution in [0.3, 0.4) is 0 Å². The maximum Gasteiger partial charge on any atom is 0.102 e. The van der Waals surface area contributed by atoms with Gasteiger partial charge in [-0.3, -0.25) is 9.98 Å². The minimum absolute atomic E-state index is 0.286. The topological polar surface area (TPSA) is 25.2 Å². The van der Waals surface area contributed by atoms with Gasteiger partial charge in [-0.2, -0.15) is 0 Å². The molecule has 1 unspecified atom stereocenters. The van der Waals surface area contributed by atoms with Gasteiger partial charge in [0.1, 0.15) is 4.49 Å². The Hall–Kier alpha value is -2.16. The van der Waals surface area contributed by atoms with Crippen LogP contribution in [0.25, 0.3) is 10.9 Å². The van der Waals surface area contributed by atoms with E-state index >= 15 is 0 Å². The summed E-state index contributed by atoms with van der Waals surface area (Å²) in [5, 5.41) is 1.11. The predicted molar refractivity (Wildman–Crippen MR) is 110 cm³/mol. The van der Waals surface area contributed by atoms with Crippen molar-refractivity contribution in [3.8, 4) is 0 Å². The van der Waals surface area contributed by atoms with Crippen LogP contribution < -0.4 is 0 Å². The smallest absolute Gasteiger partial charge is 0.102 e. The maximum absolute atomic E-state index is 5.85. The second-order valence-electron chi connectivity index (χ2n) is 6.91. The summed E-state index contributed by atoms with van der Waals surface area (Å²) >= 11 is 11.7. The third-order valence-electron chi connectivity index (χ3n) is 4.79. The molecule has 0 bridgehead atoms. The number of rotatable bonds is 3. The number of hydrogen-bond donors (Lipinski definition) is 0. The zero-order valence-corrected chi connectivity index (χ0v) is 15.9. The highest BCUT2D eigenvalue weighted by Gasteiger charge is 2.30. The number of para-hydroxylation sites is 1. The van der Waals surface area contributed by atoms with E-state index in [1.54, 1.807) is 0 Å². The van der Waals surface area contributed by atoms with Crippen LogP contribution >= 0.6 is 23.2 Å². The SMILES string of the molecule is CC1(CC=C(Cl)Cl)Cc2ccccc2C(c2cnc3ccccc3c2)=N1. The zero-order valence-electron chi connectivity index (χ0n) is 14.4. The minimum atomic E-state index is -0.287. The summed E-state index contributed by atoms with van der Waals surface area (Å²) in [6.07, 6.45) is 5.28. The monoisotopic (exact) mass is 380 g/mol. The Morgan fingerprint density at radius 1 is 1.12 bits per heavy atom. The van der Waals surface area contributed by atoms with Crippen LogP contribution in [0.1, 0.15) is 30.0 Å². The lowest BCUT2D eigenvalue weighted by molar-refractivity contribution is 0.469. The van der Waals surface area contributed by atoms with E-state index in [2.05, 4.69) is 48.3 Å². The Kier molecular flexibility index (Phi) is 4.56. The molecule has 0 saturated heterocycles. The molecule has 1 aromatic heterocycles. The summed E-state index contributed by atoms with van der Waals surface area (Å²) < 4.78 is 0.286. The molecule has 3 aromatic rings. The quantitative estimate of drug-likeness (QED) is 0.538. The van der Waals surface area contributed by atoms with Gasteiger partial charge in [0.05, 0.1) is 16.8 Å². The summed E-state index contributed by atoms with van der Waals surface area (Å²) in [6, 6.07) is 18.7. The molecule has 0 spiro atoms. The van der Waals surface area contributed by atoms with Crippen molar-refractivity contribution in [3.63, 3.8) is 0 Å². The number of pyridine rings is 1. The number of nitrogens with zero attached hydrogens (tertiary/aromatic N) is 2. The highest BCUT2D eigenvalue weighted by molar-refractivity contribution is 6.55. The molecule has 0 fully saturated rings. The number of fused-ring (bicyclic) bond motifs is 2. The Morgan fingerprint density at radius 2 is 1.88 bits per heavy atom. The first-order valence-electron chi connectivity index (χ1n) is 8.59. The van der Waals surface area contributed by atoms with Crippen LogP contribution in [0.4, 0.5) is 0 Å². The fourth-order valence-electron chi connectivity index (χ4n) is 3.52. The normalized spacial score (nSPS) is 19.0. The Balaban J connectivity index is 1.86. The van der Waals surface area contributed by atoms with Crippen LogP contribution in [0.5, 0.6) is 0 Å². The van der Waals surface area contributed by atoms with Crippen molar-refractivity contribution in [2.75, 3.05) is 0 Å². The van der Waals surface area contributed by atoms with E-state index in [4.69, 9.17) is 28.2 Å². The summed E-state index contributed by atoms with van der Waals surface area (Å²) in [4.78, 5) is 9.74. The number of halogens is 2. The average Bonchev–Trinajstić information content (AvgIpc) is 2.65. The summed E-state index contributed by atoms with van der Waals surface area (Å²) in [7, 11) is 0. The molecule has 4 rings (SSSR count). The number of aromatic nitrogens is 1. The van der Waals surface area contributed by atoms with Crippen molar-refractivity contribution in [2.45, 2.75) is 25.3 Å². The molecular weight excluding hydrogens is 363 g/mol. The highest BCUT2D eigenvalue weighted by Crippen LogP contribution is 2.33. The first kappa shape index (κ1) is 17.3. The van der Waals surface area contributed by atoms with Crippen molar-refractivity contribution in [1.82, 2.24) is 4.98 Å². The van der Waals surface area contributed by atoms with Crippen molar-refractivity contribution in [3.05, 3.63) is 88.1 Å². The molecule has 0 radical (unpaired) electrons. The second-order valence-corrected chi connectivity index (χ2v) is 7.91. The lowest BCUT2D eigenvalue weighted by Gasteiger charge is -2.32. The molecule has 1 aliphatic heterocycles. The maximum atomic E-state index is 5.85. The van der Waals surface area contributed by atoms with Crippen LogP contribution in [0, 0.1) is 0 Å². The van der Waals surface area contributed by atoms with Crippen LogP contribution in [0.2, 0.25) is 0 Å². The molecule has 0 amide bonds. The predicted octanol–water partition coefficient (Wildman–Crippen LogP) is 6.10. The van der Waals surface area contributed by atoms with Gasteiger partial charge in [-0.15, -0.1) is 0 Å². The standard InChI is InChI=1S/C22H18Cl2N2/c1-22(11-10-20(23)24)13-16-7-2-4-8-18(16)21(26-22)17-12-15-6-3-5-9-19(15)25-14-17/h2-10,12,14H,11,13H2,1H3. The number of benzene rings is 2. The summed E-state index contributed by atoms with van der Waals surface area (Å²) in [5.41, 5.74) is 5.16. The summed E-state index contributed by atoms with van der Waals surface area (Å²) in [6.45, 7) is 2.14. The number of hydrogen-bond acceptors (Lipinski definition) is 2. The van der Waals surface area contributed by atoms with E-state index in [0.29, 0.717) is 6.42 Å². The molecule has 1 atom stereocenters. The van der Waals surface area contributed by atoms with Crippen LogP contribution in [-0.4, -0.2) is 16.2 Å². The molecule has 2 aromatic carbocycles. The lowest BCUT2D eigenvalue weighted by atomic mass is 9.82. The molecule has 0 saturated carbocycles. The van der Waals surface area contributed by atoms with Gasteiger partial charge in [0.15, 0.2) is 0 Å². The van der Waals surface area contributed by atoms with Crippen molar-refractivity contribution in [2.24, 2.45) is 4.99 Å². The Bertz CT molecular complexity index is 1040. The van der Waals surface area contributed by atoms with E-state index in [1.165, 1.54) is 11.1 Å². The van der Waals surface area contributed by atoms with Gasteiger partial charge in [0, 0.05) is 22.7 Å². The molecule has 2 heterocycles. The lowest BCUT2D eigenvalue weighted by Crippen LogP contribution is -2.32. The van der Waals surface area contributed by atoms with E-state index in [1.807, 2.05) is 30.5 Å². The molecule has 2 nitrogen and oxygen atoms in total. The Labute approximate surface area is 163 Å². The van der Waals surface area contributed by atoms with Crippen LogP contribution in [0.15, 0.2) is 76.4 Å².